The molecular weight excluding hydrogens is 332 g/mol. The number of hydrogen-bond acceptors (Lipinski definition) is 2. The van der Waals surface area contributed by atoms with Gasteiger partial charge in [0.05, 0.1) is 0 Å². The fraction of sp³-hybridized carbons (Fsp3) is 0.292. The predicted octanol–water partition coefficient (Wildman–Crippen LogP) is 4.28. The van der Waals surface area contributed by atoms with Gasteiger partial charge in [0.15, 0.2) is 0 Å². The second-order valence-electron chi connectivity index (χ2n) is 7.39. The molecule has 138 valence electrons. The van der Waals surface area contributed by atoms with Crippen LogP contribution in [-0.2, 0) is 6.42 Å². The molecule has 0 atom stereocenters. The molecule has 1 N–H and O–H groups in total. The van der Waals surface area contributed by atoms with Crippen LogP contribution in [-0.4, -0.2) is 36.5 Å². The van der Waals surface area contributed by atoms with E-state index < -0.39 is 0 Å². The highest BCUT2D eigenvalue weighted by Crippen LogP contribution is 2.17. The van der Waals surface area contributed by atoms with Crippen LogP contribution in [0.2, 0.25) is 0 Å². The van der Waals surface area contributed by atoms with E-state index in [1.54, 1.807) is 0 Å². The van der Waals surface area contributed by atoms with E-state index in [1.165, 1.54) is 16.3 Å². The number of piperidine rings is 1. The highest BCUT2D eigenvalue weighted by Gasteiger charge is 2.20. The summed E-state index contributed by atoms with van der Waals surface area (Å²) in [4.78, 5) is 14.8. The first-order valence-electron chi connectivity index (χ1n) is 9.84. The van der Waals surface area contributed by atoms with E-state index in [-0.39, 0.29) is 11.9 Å². The van der Waals surface area contributed by atoms with Crippen molar-refractivity contribution >= 4 is 16.7 Å². The van der Waals surface area contributed by atoms with Crippen LogP contribution in [0.4, 0.5) is 0 Å². The van der Waals surface area contributed by atoms with Gasteiger partial charge in [0.2, 0.25) is 0 Å². The molecule has 1 saturated heterocycles. The molecule has 0 aromatic heterocycles. The van der Waals surface area contributed by atoms with Gasteiger partial charge in [-0.2, -0.15) is 0 Å². The third kappa shape index (κ3) is 4.55. The molecule has 3 heteroatoms. The van der Waals surface area contributed by atoms with Crippen molar-refractivity contribution in [2.75, 3.05) is 19.6 Å². The molecule has 1 heterocycles. The lowest BCUT2D eigenvalue weighted by Crippen LogP contribution is -2.45. The lowest BCUT2D eigenvalue weighted by atomic mass is 10.0. The Morgan fingerprint density at radius 3 is 2.37 bits per heavy atom. The first kappa shape index (κ1) is 17.7. The molecule has 0 saturated carbocycles. The Kier molecular flexibility index (Phi) is 5.50. The average molecular weight is 358 g/mol. The van der Waals surface area contributed by atoms with Gasteiger partial charge in [0, 0.05) is 31.2 Å². The Morgan fingerprint density at radius 1 is 0.889 bits per heavy atom. The fourth-order valence-corrected chi connectivity index (χ4v) is 3.84. The monoisotopic (exact) mass is 358 g/mol. The minimum Gasteiger partial charge on any atom is -0.349 e. The molecule has 1 aliphatic rings. The highest BCUT2D eigenvalue weighted by atomic mass is 16.1. The maximum atomic E-state index is 12.3. The minimum absolute atomic E-state index is 0.0465. The van der Waals surface area contributed by atoms with Crippen molar-refractivity contribution in [2.45, 2.75) is 25.3 Å². The van der Waals surface area contributed by atoms with Crippen molar-refractivity contribution in [1.82, 2.24) is 10.2 Å². The Morgan fingerprint density at radius 2 is 1.59 bits per heavy atom. The summed E-state index contributed by atoms with van der Waals surface area (Å²) in [5.41, 5.74) is 2.14. The minimum atomic E-state index is 0.0465. The summed E-state index contributed by atoms with van der Waals surface area (Å²) in [6.07, 6.45) is 3.12. The molecule has 0 bridgehead atoms. The topological polar surface area (TPSA) is 32.3 Å². The zero-order valence-electron chi connectivity index (χ0n) is 15.6. The number of nitrogens with one attached hydrogen (secondary N) is 1. The quantitative estimate of drug-likeness (QED) is 0.738. The number of rotatable bonds is 5. The molecule has 0 unspecified atom stereocenters. The summed E-state index contributed by atoms with van der Waals surface area (Å²) in [5.74, 6) is 0.0465. The molecule has 27 heavy (non-hydrogen) atoms. The fourth-order valence-electron chi connectivity index (χ4n) is 3.84. The Bertz CT molecular complexity index is 898. The molecule has 0 radical (unpaired) electrons. The van der Waals surface area contributed by atoms with Crippen LogP contribution in [0.15, 0.2) is 72.8 Å². The molecule has 3 aromatic rings. The third-order valence-corrected chi connectivity index (χ3v) is 5.49. The number of hydrogen-bond donors (Lipinski definition) is 1. The van der Waals surface area contributed by atoms with Crippen molar-refractivity contribution < 1.29 is 4.79 Å². The number of carbonyl (C=O) groups is 1. The van der Waals surface area contributed by atoms with Gasteiger partial charge >= 0.3 is 0 Å². The van der Waals surface area contributed by atoms with Crippen molar-refractivity contribution in [3.63, 3.8) is 0 Å². The summed E-state index contributed by atoms with van der Waals surface area (Å²) in [6, 6.07) is 25.1. The van der Waals surface area contributed by atoms with E-state index in [0.29, 0.717) is 0 Å². The number of benzene rings is 3. The lowest BCUT2D eigenvalue weighted by Gasteiger charge is -2.32. The maximum absolute atomic E-state index is 12.3. The zero-order valence-corrected chi connectivity index (χ0v) is 15.6. The van der Waals surface area contributed by atoms with Crippen LogP contribution < -0.4 is 5.32 Å². The second-order valence-corrected chi connectivity index (χ2v) is 7.39. The summed E-state index contributed by atoms with van der Waals surface area (Å²) in [6.45, 7) is 3.18. The lowest BCUT2D eigenvalue weighted by molar-refractivity contribution is 0.0911. The first-order valence-corrected chi connectivity index (χ1v) is 9.84. The van der Waals surface area contributed by atoms with Gasteiger partial charge in [-0.05, 0) is 47.7 Å². The maximum Gasteiger partial charge on any atom is 0.251 e. The van der Waals surface area contributed by atoms with E-state index in [1.807, 2.05) is 30.3 Å². The smallest absolute Gasteiger partial charge is 0.251 e. The molecule has 1 fully saturated rings. The van der Waals surface area contributed by atoms with Crippen LogP contribution >= 0.6 is 0 Å². The number of likely N-dealkylation sites (tertiary alicyclic amines) is 1. The normalized spacial score (nSPS) is 15.7. The largest absolute Gasteiger partial charge is 0.349 e. The molecular formula is C24H26N2O. The van der Waals surface area contributed by atoms with Crippen molar-refractivity contribution in [3.8, 4) is 0 Å². The molecule has 1 aliphatic heterocycles. The molecule has 3 nitrogen and oxygen atoms in total. The Balaban J connectivity index is 1.25. The van der Waals surface area contributed by atoms with Crippen molar-refractivity contribution in [1.29, 1.82) is 0 Å². The number of nitrogens with zero attached hydrogens (tertiary/aromatic N) is 1. The number of carbonyl (C=O) groups excluding carboxylic acids is 1. The highest BCUT2D eigenvalue weighted by molar-refractivity contribution is 5.94. The Hall–Kier alpha value is -2.65. The van der Waals surface area contributed by atoms with E-state index in [4.69, 9.17) is 0 Å². The predicted molar refractivity (Wildman–Crippen MR) is 111 cm³/mol. The van der Waals surface area contributed by atoms with Gasteiger partial charge in [-0.3, -0.25) is 4.79 Å². The summed E-state index contributed by atoms with van der Waals surface area (Å²) < 4.78 is 0. The summed E-state index contributed by atoms with van der Waals surface area (Å²) in [7, 11) is 0. The van der Waals surface area contributed by atoms with Crippen LogP contribution in [0.5, 0.6) is 0 Å². The van der Waals surface area contributed by atoms with Gasteiger partial charge in [0.25, 0.3) is 5.91 Å². The van der Waals surface area contributed by atoms with Gasteiger partial charge in [-0.25, -0.2) is 0 Å². The van der Waals surface area contributed by atoms with Crippen molar-refractivity contribution in [2.24, 2.45) is 0 Å². The van der Waals surface area contributed by atoms with E-state index >= 15 is 0 Å². The summed E-state index contributed by atoms with van der Waals surface area (Å²) in [5, 5.41) is 5.80. The van der Waals surface area contributed by atoms with Gasteiger partial charge in [0.1, 0.15) is 0 Å². The van der Waals surface area contributed by atoms with E-state index in [2.05, 4.69) is 52.7 Å². The van der Waals surface area contributed by atoms with Gasteiger partial charge in [-0.15, -0.1) is 0 Å². The standard InChI is InChI=1S/C24H26N2O/c27-24(21-7-2-1-3-8-21)25-23-13-16-26(17-14-23)15-12-19-10-11-20-6-4-5-9-22(20)18-19/h1-11,18,23H,12-17H2,(H,25,27). The SMILES string of the molecule is O=C(NC1CCN(CCc2ccc3ccccc3c2)CC1)c1ccccc1. The first-order chi connectivity index (χ1) is 13.3. The van der Waals surface area contributed by atoms with Crippen LogP contribution in [0.1, 0.15) is 28.8 Å². The van der Waals surface area contributed by atoms with Crippen LogP contribution in [0.25, 0.3) is 10.8 Å². The average Bonchev–Trinajstić information content (AvgIpc) is 2.74. The molecule has 0 aliphatic carbocycles. The molecule has 3 aromatic carbocycles. The molecule has 1 amide bonds. The van der Waals surface area contributed by atoms with E-state index in [0.717, 1.165) is 44.5 Å². The molecule has 4 rings (SSSR count). The van der Waals surface area contributed by atoms with Gasteiger partial charge in [-0.1, -0.05) is 60.7 Å². The number of fused-ring (bicyclic) bond motifs is 1. The second kappa shape index (κ2) is 8.36. The van der Waals surface area contributed by atoms with E-state index in [9.17, 15) is 4.79 Å². The zero-order chi connectivity index (χ0) is 18.5. The van der Waals surface area contributed by atoms with Crippen molar-refractivity contribution in [3.05, 3.63) is 83.9 Å². The number of amides is 1. The summed E-state index contributed by atoms with van der Waals surface area (Å²) >= 11 is 0. The van der Waals surface area contributed by atoms with Crippen LogP contribution in [0.3, 0.4) is 0 Å². The molecule has 0 spiro atoms. The van der Waals surface area contributed by atoms with Gasteiger partial charge < -0.3 is 10.2 Å². The van der Waals surface area contributed by atoms with Crippen LogP contribution in [0, 0.1) is 0 Å². The third-order valence-electron chi connectivity index (χ3n) is 5.49. The Labute approximate surface area is 161 Å².